The van der Waals surface area contributed by atoms with Gasteiger partial charge in [-0.25, -0.2) is 0 Å². The molecule has 0 spiro atoms. The zero-order valence-electron chi connectivity index (χ0n) is 13.1. The third kappa shape index (κ3) is 3.25. The monoisotopic (exact) mass is 311 g/mol. The van der Waals surface area contributed by atoms with Gasteiger partial charge in [0, 0.05) is 37.8 Å². The number of pyridine rings is 1. The summed E-state index contributed by atoms with van der Waals surface area (Å²) in [6, 6.07) is 15.6. The van der Waals surface area contributed by atoms with E-state index in [1.165, 1.54) is 5.56 Å². The van der Waals surface area contributed by atoms with Gasteiger partial charge < -0.3 is 15.3 Å². The first-order chi connectivity index (χ1) is 11.2. The molecule has 1 aromatic heterocycles. The lowest BCUT2D eigenvalue weighted by molar-refractivity contribution is 0.0678. The summed E-state index contributed by atoms with van der Waals surface area (Å²) >= 11 is 0. The van der Waals surface area contributed by atoms with Crippen molar-refractivity contribution in [1.29, 1.82) is 0 Å². The molecule has 1 amide bonds. The van der Waals surface area contributed by atoms with Crippen molar-refractivity contribution in [3.8, 4) is 0 Å². The standard InChI is InChI=1S/C18H21N3O2/c1-21(18(23)14-9-5-6-10-19-14)11-15-17(16(12-22)20-15)13-7-3-2-4-8-13/h2-10,15-17,20,22H,11-12H2,1H3/t15-,16+,17-/m0/s1. The number of benzene rings is 1. The van der Waals surface area contributed by atoms with Crippen LogP contribution in [0.3, 0.4) is 0 Å². The van der Waals surface area contributed by atoms with Gasteiger partial charge in [0.2, 0.25) is 0 Å². The number of amides is 1. The zero-order valence-corrected chi connectivity index (χ0v) is 13.1. The fraction of sp³-hybridized carbons (Fsp3) is 0.333. The minimum Gasteiger partial charge on any atom is -0.395 e. The van der Waals surface area contributed by atoms with Crippen molar-refractivity contribution >= 4 is 5.91 Å². The van der Waals surface area contributed by atoms with Crippen LogP contribution in [0, 0.1) is 0 Å². The number of aliphatic hydroxyl groups is 1. The molecule has 1 aromatic carbocycles. The van der Waals surface area contributed by atoms with Crippen LogP contribution >= 0.6 is 0 Å². The van der Waals surface area contributed by atoms with Gasteiger partial charge in [0.25, 0.3) is 5.91 Å². The van der Waals surface area contributed by atoms with Crippen molar-refractivity contribution in [2.24, 2.45) is 0 Å². The molecule has 1 fully saturated rings. The Morgan fingerprint density at radius 3 is 2.57 bits per heavy atom. The summed E-state index contributed by atoms with van der Waals surface area (Å²) in [5.41, 5.74) is 1.64. The predicted octanol–water partition coefficient (Wildman–Crippen LogP) is 1.27. The van der Waals surface area contributed by atoms with Crippen molar-refractivity contribution in [3.63, 3.8) is 0 Å². The molecule has 3 rings (SSSR count). The maximum Gasteiger partial charge on any atom is 0.272 e. The quantitative estimate of drug-likeness (QED) is 0.873. The van der Waals surface area contributed by atoms with Crippen LogP contribution in [-0.4, -0.2) is 53.2 Å². The maximum atomic E-state index is 12.4. The SMILES string of the molecule is CN(C[C@@H]1N[C@H](CO)[C@H]1c1ccccc1)C(=O)c1ccccn1. The Balaban J connectivity index is 1.69. The van der Waals surface area contributed by atoms with Crippen LogP contribution in [0.2, 0.25) is 0 Å². The van der Waals surface area contributed by atoms with Crippen LogP contribution < -0.4 is 5.32 Å². The lowest BCUT2D eigenvalue weighted by Gasteiger charge is -2.47. The summed E-state index contributed by atoms with van der Waals surface area (Å²) in [5, 5.41) is 12.9. The first-order valence-electron chi connectivity index (χ1n) is 7.79. The van der Waals surface area contributed by atoms with E-state index in [2.05, 4.69) is 22.4 Å². The first kappa shape index (κ1) is 15.6. The molecule has 23 heavy (non-hydrogen) atoms. The minimum atomic E-state index is -0.0911. The molecule has 5 heteroatoms. The van der Waals surface area contributed by atoms with E-state index in [-0.39, 0.29) is 30.5 Å². The molecule has 5 nitrogen and oxygen atoms in total. The number of hydrogen-bond donors (Lipinski definition) is 2. The van der Waals surface area contributed by atoms with Crippen molar-refractivity contribution in [2.75, 3.05) is 20.2 Å². The molecule has 3 atom stereocenters. The second-order valence-corrected chi connectivity index (χ2v) is 5.90. The van der Waals surface area contributed by atoms with Gasteiger partial charge in [-0.15, -0.1) is 0 Å². The molecule has 2 N–H and O–H groups in total. The number of hydrogen-bond acceptors (Lipinski definition) is 4. The Morgan fingerprint density at radius 2 is 1.91 bits per heavy atom. The highest BCUT2D eigenvalue weighted by atomic mass is 16.3. The lowest BCUT2D eigenvalue weighted by Crippen LogP contribution is -2.64. The first-order valence-corrected chi connectivity index (χ1v) is 7.79. The molecule has 1 aliphatic heterocycles. The third-order valence-corrected chi connectivity index (χ3v) is 4.38. The molecular weight excluding hydrogens is 290 g/mol. The second kappa shape index (κ2) is 6.89. The van der Waals surface area contributed by atoms with Crippen LogP contribution in [0.5, 0.6) is 0 Å². The van der Waals surface area contributed by atoms with E-state index in [4.69, 9.17) is 0 Å². The van der Waals surface area contributed by atoms with Crippen molar-refractivity contribution in [2.45, 2.75) is 18.0 Å². The number of nitrogens with one attached hydrogen (secondary N) is 1. The van der Waals surface area contributed by atoms with Crippen molar-refractivity contribution in [1.82, 2.24) is 15.2 Å². The van der Waals surface area contributed by atoms with Gasteiger partial charge in [0.05, 0.1) is 6.61 Å². The van der Waals surface area contributed by atoms with E-state index in [1.807, 2.05) is 24.3 Å². The number of nitrogens with zero attached hydrogens (tertiary/aromatic N) is 2. The summed E-state index contributed by atoms with van der Waals surface area (Å²) in [7, 11) is 1.78. The lowest BCUT2D eigenvalue weighted by atomic mass is 9.77. The average Bonchev–Trinajstić information content (AvgIpc) is 2.59. The molecule has 0 radical (unpaired) electrons. The smallest absolute Gasteiger partial charge is 0.272 e. The normalized spacial score (nSPS) is 23.1. The largest absolute Gasteiger partial charge is 0.395 e. The summed E-state index contributed by atoms with van der Waals surface area (Å²) in [6.07, 6.45) is 1.62. The van der Waals surface area contributed by atoms with E-state index >= 15 is 0 Å². The number of aliphatic hydroxyl groups excluding tert-OH is 1. The van der Waals surface area contributed by atoms with E-state index in [0.29, 0.717) is 12.2 Å². The Bertz CT molecular complexity index is 648. The van der Waals surface area contributed by atoms with Gasteiger partial charge in [0.15, 0.2) is 0 Å². The van der Waals surface area contributed by atoms with Crippen LogP contribution in [-0.2, 0) is 0 Å². The van der Waals surface area contributed by atoms with Crippen LogP contribution in [0.4, 0.5) is 0 Å². The number of carbonyl (C=O) groups is 1. The molecule has 0 unspecified atom stereocenters. The number of rotatable bonds is 5. The molecule has 0 saturated carbocycles. The van der Waals surface area contributed by atoms with E-state index in [0.717, 1.165) is 0 Å². The van der Waals surface area contributed by atoms with Gasteiger partial charge in [0.1, 0.15) is 5.69 Å². The van der Waals surface area contributed by atoms with Crippen molar-refractivity contribution in [3.05, 3.63) is 66.0 Å². The summed E-state index contributed by atoms with van der Waals surface area (Å²) in [5.74, 6) is 0.117. The molecule has 1 aliphatic rings. The van der Waals surface area contributed by atoms with E-state index < -0.39 is 0 Å². The molecule has 1 saturated heterocycles. The Labute approximate surface area is 136 Å². The molecular formula is C18H21N3O2. The topological polar surface area (TPSA) is 65.5 Å². The molecule has 2 heterocycles. The Hall–Kier alpha value is -2.24. The number of aromatic nitrogens is 1. The van der Waals surface area contributed by atoms with Crippen LogP contribution in [0.1, 0.15) is 22.0 Å². The molecule has 120 valence electrons. The highest BCUT2D eigenvalue weighted by molar-refractivity contribution is 5.92. The van der Waals surface area contributed by atoms with Crippen LogP contribution in [0.15, 0.2) is 54.7 Å². The highest BCUT2D eigenvalue weighted by Gasteiger charge is 2.41. The third-order valence-electron chi connectivity index (χ3n) is 4.38. The van der Waals surface area contributed by atoms with Crippen LogP contribution in [0.25, 0.3) is 0 Å². The minimum absolute atomic E-state index is 0.0424. The Morgan fingerprint density at radius 1 is 1.17 bits per heavy atom. The van der Waals surface area contributed by atoms with Gasteiger partial charge in [-0.1, -0.05) is 36.4 Å². The maximum absolute atomic E-state index is 12.4. The van der Waals surface area contributed by atoms with E-state index in [1.54, 1.807) is 30.3 Å². The summed E-state index contributed by atoms with van der Waals surface area (Å²) in [6.45, 7) is 0.666. The molecule has 2 aromatic rings. The predicted molar refractivity (Wildman–Crippen MR) is 88.2 cm³/mol. The average molecular weight is 311 g/mol. The fourth-order valence-electron chi connectivity index (χ4n) is 3.18. The second-order valence-electron chi connectivity index (χ2n) is 5.90. The number of carbonyl (C=O) groups excluding carboxylic acids is 1. The molecule has 0 bridgehead atoms. The number of likely N-dealkylation sites (N-methyl/N-ethyl adjacent to an activating group) is 1. The van der Waals surface area contributed by atoms with Gasteiger partial charge in [-0.2, -0.15) is 0 Å². The fourth-order valence-corrected chi connectivity index (χ4v) is 3.18. The highest BCUT2D eigenvalue weighted by Crippen LogP contribution is 2.32. The van der Waals surface area contributed by atoms with Gasteiger partial charge in [-0.3, -0.25) is 9.78 Å². The van der Waals surface area contributed by atoms with Gasteiger partial charge >= 0.3 is 0 Å². The zero-order chi connectivity index (χ0) is 16.2. The summed E-state index contributed by atoms with van der Waals surface area (Å²) in [4.78, 5) is 18.2. The van der Waals surface area contributed by atoms with E-state index in [9.17, 15) is 9.90 Å². The van der Waals surface area contributed by atoms with Crippen molar-refractivity contribution < 1.29 is 9.90 Å². The van der Waals surface area contributed by atoms with Gasteiger partial charge in [-0.05, 0) is 17.7 Å². The Kier molecular flexibility index (Phi) is 4.69. The summed E-state index contributed by atoms with van der Waals surface area (Å²) < 4.78 is 0. The molecule has 0 aliphatic carbocycles.